The van der Waals surface area contributed by atoms with Crippen molar-refractivity contribution in [1.82, 2.24) is 0 Å². The van der Waals surface area contributed by atoms with Crippen molar-refractivity contribution >= 4 is 10.8 Å². The van der Waals surface area contributed by atoms with Gasteiger partial charge in [0.1, 0.15) is 18.0 Å². The highest BCUT2D eigenvalue weighted by Gasteiger charge is 2.28. The number of hydrogen-bond acceptors (Lipinski definition) is 5. The van der Waals surface area contributed by atoms with E-state index in [4.69, 9.17) is 13.9 Å². The Morgan fingerprint density at radius 2 is 1.62 bits per heavy atom. The standard InChI is InChI=1S/C29H28O5/c1-29(2,31)27-26(22-10-6-7-11-23(22)28(30)34-27)21-14-15-24(32-18-20-12-13-20)25(16-21)33-17-19-8-4-3-5-9-19/h3-11,14-16,20,31H,12-13,17-18H2,1-2H3. The summed E-state index contributed by atoms with van der Waals surface area (Å²) in [5.41, 5.74) is 0.667. The van der Waals surface area contributed by atoms with Crippen LogP contribution in [0.15, 0.2) is 82.0 Å². The van der Waals surface area contributed by atoms with Crippen molar-refractivity contribution in [3.8, 4) is 22.6 Å². The smallest absolute Gasteiger partial charge is 0.343 e. The van der Waals surface area contributed by atoms with Crippen LogP contribution >= 0.6 is 0 Å². The molecule has 0 saturated heterocycles. The summed E-state index contributed by atoms with van der Waals surface area (Å²) in [6.07, 6.45) is 2.39. The molecule has 1 aliphatic carbocycles. The average Bonchev–Trinajstić information content (AvgIpc) is 3.66. The summed E-state index contributed by atoms with van der Waals surface area (Å²) in [4.78, 5) is 12.6. The molecule has 1 saturated carbocycles. The van der Waals surface area contributed by atoms with Gasteiger partial charge in [0.25, 0.3) is 0 Å². The fraction of sp³-hybridized carbons (Fsp3) is 0.276. The predicted octanol–water partition coefficient (Wildman–Crippen LogP) is 6.06. The minimum Gasteiger partial charge on any atom is -0.489 e. The van der Waals surface area contributed by atoms with Crippen LogP contribution in [0.4, 0.5) is 0 Å². The van der Waals surface area contributed by atoms with Gasteiger partial charge in [-0.05, 0) is 61.9 Å². The molecule has 0 bridgehead atoms. The van der Waals surface area contributed by atoms with Crippen LogP contribution in [0.2, 0.25) is 0 Å². The van der Waals surface area contributed by atoms with E-state index in [2.05, 4.69) is 0 Å². The summed E-state index contributed by atoms with van der Waals surface area (Å²) in [7, 11) is 0. The van der Waals surface area contributed by atoms with Gasteiger partial charge in [0.15, 0.2) is 11.5 Å². The first-order chi connectivity index (χ1) is 16.4. The second-order valence-corrected chi connectivity index (χ2v) is 9.39. The van der Waals surface area contributed by atoms with E-state index >= 15 is 0 Å². The zero-order valence-electron chi connectivity index (χ0n) is 19.4. The first-order valence-corrected chi connectivity index (χ1v) is 11.6. The van der Waals surface area contributed by atoms with Gasteiger partial charge in [-0.3, -0.25) is 0 Å². The monoisotopic (exact) mass is 456 g/mol. The fourth-order valence-corrected chi connectivity index (χ4v) is 4.04. The normalized spacial score (nSPS) is 13.7. The maximum Gasteiger partial charge on any atom is 0.343 e. The first kappa shape index (κ1) is 22.2. The molecule has 4 aromatic rings. The molecule has 5 rings (SSSR count). The third-order valence-electron chi connectivity index (χ3n) is 6.03. The van der Waals surface area contributed by atoms with E-state index in [1.807, 2.05) is 60.7 Å². The summed E-state index contributed by atoms with van der Waals surface area (Å²) >= 11 is 0. The van der Waals surface area contributed by atoms with Crippen LogP contribution in [0.3, 0.4) is 0 Å². The van der Waals surface area contributed by atoms with Crippen molar-refractivity contribution in [2.24, 2.45) is 5.92 Å². The molecule has 3 aromatic carbocycles. The van der Waals surface area contributed by atoms with Gasteiger partial charge in [-0.2, -0.15) is 0 Å². The quantitative estimate of drug-likeness (QED) is 0.349. The zero-order chi connectivity index (χ0) is 23.7. The summed E-state index contributed by atoms with van der Waals surface area (Å²) in [6, 6.07) is 23.0. The summed E-state index contributed by atoms with van der Waals surface area (Å²) in [6.45, 7) is 4.29. The van der Waals surface area contributed by atoms with Crippen molar-refractivity contribution in [3.63, 3.8) is 0 Å². The lowest BCUT2D eigenvalue weighted by Gasteiger charge is -2.22. The third-order valence-corrected chi connectivity index (χ3v) is 6.03. The van der Waals surface area contributed by atoms with Gasteiger partial charge in [-0.25, -0.2) is 4.79 Å². The Balaban J connectivity index is 1.62. The van der Waals surface area contributed by atoms with Gasteiger partial charge in [0, 0.05) is 10.9 Å². The molecule has 1 fully saturated rings. The molecule has 5 heteroatoms. The van der Waals surface area contributed by atoms with Gasteiger partial charge in [0.05, 0.1) is 12.0 Å². The highest BCUT2D eigenvalue weighted by molar-refractivity contribution is 5.97. The van der Waals surface area contributed by atoms with E-state index in [9.17, 15) is 9.90 Å². The largest absolute Gasteiger partial charge is 0.489 e. The number of ether oxygens (including phenoxy) is 2. The number of benzene rings is 3. The second kappa shape index (κ2) is 8.99. The molecule has 1 heterocycles. The van der Waals surface area contributed by atoms with Crippen LogP contribution in [0, 0.1) is 5.92 Å². The average molecular weight is 457 g/mol. The van der Waals surface area contributed by atoms with E-state index in [0.717, 1.165) is 16.5 Å². The Hall–Kier alpha value is -3.57. The number of aliphatic hydroxyl groups is 1. The predicted molar refractivity (Wildman–Crippen MR) is 132 cm³/mol. The lowest BCUT2D eigenvalue weighted by atomic mass is 9.92. The highest BCUT2D eigenvalue weighted by Crippen LogP contribution is 2.41. The topological polar surface area (TPSA) is 68.9 Å². The fourth-order valence-electron chi connectivity index (χ4n) is 4.04. The molecule has 1 N–H and O–H groups in total. The molecule has 0 spiro atoms. The molecule has 174 valence electrons. The summed E-state index contributed by atoms with van der Waals surface area (Å²) < 4.78 is 18.0. The Morgan fingerprint density at radius 1 is 0.912 bits per heavy atom. The van der Waals surface area contributed by atoms with E-state index in [1.165, 1.54) is 12.8 Å². The minimum atomic E-state index is -1.36. The Labute approximate surface area is 198 Å². The van der Waals surface area contributed by atoms with Crippen molar-refractivity contribution in [2.75, 3.05) is 6.61 Å². The van der Waals surface area contributed by atoms with Gasteiger partial charge < -0.3 is 19.0 Å². The molecule has 0 unspecified atom stereocenters. The van der Waals surface area contributed by atoms with E-state index in [-0.39, 0.29) is 5.76 Å². The molecule has 34 heavy (non-hydrogen) atoms. The highest BCUT2D eigenvalue weighted by atomic mass is 16.5. The SMILES string of the molecule is CC(C)(O)c1oc(=O)c2ccccc2c1-c1ccc(OCC2CC2)c(OCc2ccccc2)c1. The molecule has 0 aliphatic heterocycles. The number of hydrogen-bond donors (Lipinski definition) is 1. The Morgan fingerprint density at radius 3 is 2.32 bits per heavy atom. The Bertz CT molecular complexity index is 1360. The van der Waals surface area contributed by atoms with Gasteiger partial charge >= 0.3 is 5.63 Å². The minimum absolute atomic E-state index is 0.219. The summed E-state index contributed by atoms with van der Waals surface area (Å²) in [5, 5.41) is 12.0. The van der Waals surface area contributed by atoms with E-state index < -0.39 is 11.2 Å². The summed E-state index contributed by atoms with van der Waals surface area (Å²) in [5.74, 6) is 2.12. The lowest BCUT2D eigenvalue weighted by Crippen LogP contribution is -2.20. The van der Waals surface area contributed by atoms with Gasteiger partial charge in [0.2, 0.25) is 0 Å². The molecular formula is C29H28O5. The van der Waals surface area contributed by atoms with Gasteiger partial charge in [-0.15, -0.1) is 0 Å². The zero-order valence-corrected chi connectivity index (χ0v) is 19.4. The third kappa shape index (κ3) is 4.70. The molecule has 1 aliphatic rings. The Kier molecular flexibility index (Phi) is 5.88. The van der Waals surface area contributed by atoms with Crippen molar-refractivity contribution in [2.45, 2.75) is 38.9 Å². The maximum absolute atomic E-state index is 12.6. The molecule has 0 radical (unpaired) electrons. The van der Waals surface area contributed by atoms with Crippen molar-refractivity contribution in [3.05, 3.63) is 94.5 Å². The lowest BCUT2D eigenvalue weighted by molar-refractivity contribution is 0.0521. The van der Waals surface area contributed by atoms with Crippen LogP contribution < -0.4 is 15.1 Å². The first-order valence-electron chi connectivity index (χ1n) is 11.6. The number of fused-ring (bicyclic) bond motifs is 1. The van der Waals surface area contributed by atoms with E-state index in [0.29, 0.717) is 41.6 Å². The van der Waals surface area contributed by atoms with Crippen molar-refractivity contribution < 1.29 is 19.0 Å². The molecule has 5 nitrogen and oxygen atoms in total. The van der Waals surface area contributed by atoms with Gasteiger partial charge in [-0.1, -0.05) is 54.6 Å². The van der Waals surface area contributed by atoms with Crippen LogP contribution in [0.25, 0.3) is 21.9 Å². The molecular weight excluding hydrogens is 428 g/mol. The van der Waals surface area contributed by atoms with Crippen molar-refractivity contribution in [1.29, 1.82) is 0 Å². The van der Waals surface area contributed by atoms with E-state index in [1.54, 1.807) is 26.0 Å². The molecule has 1 aromatic heterocycles. The second-order valence-electron chi connectivity index (χ2n) is 9.39. The van der Waals surface area contributed by atoms with Crippen LogP contribution in [0.1, 0.15) is 38.0 Å². The van der Waals surface area contributed by atoms with Crippen LogP contribution in [-0.4, -0.2) is 11.7 Å². The van der Waals surface area contributed by atoms with Crippen LogP contribution in [-0.2, 0) is 12.2 Å². The molecule has 0 atom stereocenters. The van der Waals surface area contributed by atoms with Crippen LogP contribution in [0.5, 0.6) is 11.5 Å². The molecule has 0 amide bonds. The number of rotatable bonds is 8. The maximum atomic E-state index is 12.6.